The predicted molar refractivity (Wildman–Crippen MR) is 118 cm³/mol. The van der Waals surface area contributed by atoms with Crippen LogP contribution in [0.3, 0.4) is 0 Å². The lowest BCUT2D eigenvalue weighted by Gasteiger charge is -2.35. The Kier molecular flexibility index (Phi) is 7.86. The van der Waals surface area contributed by atoms with Crippen LogP contribution >= 0.6 is 0 Å². The van der Waals surface area contributed by atoms with Crippen LogP contribution in [0.1, 0.15) is 32.1 Å². The quantitative estimate of drug-likeness (QED) is 0.495. The summed E-state index contributed by atoms with van der Waals surface area (Å²) in [4.78, 5) is 45.0. The maximum absolute atomic E-state index is 12.3. The molecule has 3 fully saturated rings. The van der Waals surface area contributed by atoms with Crippen molar-refractivity contribution in [1.82, 2.24) is 24.8 Å². The minimum atomic E-state index is -0.759. The van der Waals surface area contributed by atoms with Crippen LogP contribution in [-0.4, -0.2) is 114 Å². The van der Waals surface area contributed by atoms with Gasteiger partial charge in [-0.3, -0.25) is 19.2 Å². The maximum atomic E-state index is 12.3. The zero-order valence-corrected chi connectivity index (χ0v) is 19.0. The molecule has 4 rings (SSSR count). The van der Waals surface area contributed by atoms with Crippen molar-refractivity contribution in [2.45, 2.75) is 38.2 Å². The van der Waals surface area contributed by atoms with Crippen molar-refractivity contribution in [3.63, 3.8) is 0 Å². The Bertz CT molecular complexity index is 842. The number of piperazine rings is 1. The first-order valence-electron chi connectivity index (χ1n) is 11.9. The number of nitrogens with zero attached hydrogens (tertiary/aromatic N) is 5. The van der Waals surface area contributed by atoms with Gasteiger partial charge in [-0.2, -0.15) is 0 Å². The highest BCUT2D eigenvalue weighted by Gasteiger charge is 2.33. The molecule has 3 saturated heterocycles. The number of nitrogens with one attached hydrogen (secondary N) is 1. The summed E-state index contributed by atoms with van der Waals surface area (Å²) >= 11 is 0. The predicted octanol–water partition coefficient (Wildman–Crippen LogP) is 0.273. The molecule has 0 bridgehead atoms. The number of ether oxygens (including phenoxy) is 1. The number of anilines is 1. The first-order valence-corrected chi connectivity index (χ1v) is 11.9. The average Bonchev–Trinajstić information content (AvgIpc) is 3.39. The zero-order valence-electron chi connectivity index (χ0n) is 19.0. The third-order valence-electron chi connectivity index (χ3n) is 6.90. The third kappa shape index (κ3) is 6.70. The van der Waals surface area contributed by atoms with E-state index in [0.29, 0.717) is 25.0 Å². The van der Waals surface area contributed by atoms with Crippen molar-refractivity contribution in [2.24, 2.45) is 5.92 Å². The molecule has 0 saturated carbocycles. The Labute approximate surface area is 192 Å². The molecule has 1 atom stereocenters. The van der Waals surface area contributed by atoms with Gasteiger partial charge in [0.05, 0.1) is 13.0 Å². The van der Waals surface area contributed by atoms with E-state index in [1.807, 2.05) is 9.80 Å². The fourth-order valence-electron chi connectivity index (χ4n) is 4.95. The Morgan fingerprint density at radius 3 is 2.45 bits per heavy atom. The van der Waals surface area contributed by atoms with Gasteiger partial charge in [0.2, 0.25) is 5.95 Å². The summed E-state index contributed by atoms with van der Waals surface area (Å²) in [5.74, 6) is -0.177. The number of piperidine rings is 1. The van der Waals surface area contributed by atoms with Crippen molar-refractivity contribution in [3.8, 4) is 0 Å². The lowest BCUT2D eigenvalue weighted by molar-refractivity contribution is -0.137. The average molecular weight is 467 g/mol. The minimum absolute atomic E-state index is 0.101. The molecular weight excluding hydrogens is 432 g/mol. The highest BCUT2D eigenvalue weighted by molar-refractivity contribution is 5.69. The van der Waals surface area contributed by atoms with Crippen LogP contribution in [0, 0.1) is 5.92 Å². The van der Waals surface area contributed by atoms with Crippen LogP contribution in [0.5, 0.6) is 0 Å². The second-order valence-corrected chi connectivity index (χ2v) is 9.23. The third-order valence-corrected chi connectivity index (χ3v) is 6.90. The number of cyclic esters (lactones) is 1. The van der Waals surface area contributed by atoms with E-state index in [0.717, 1.165) is 78.0 Å². The maximum Gasteiger partial charge on any atom is 0.440 e. The van der Waals surface area contributed by atoms with Crippen LogP contribution in [0.4, 0.5) is 10.7 Å². The second kappa shape index (κ2) is 11.0. The largest absolute Gasteiger partial charge is 0.481 e. The summed E-state index contributed by atoms with van der Waals surface area (Å²) in [7, 11) is 0. The Morgan fingerprint density at radius 2 is 1.79 bits per heavy atom. The van der Waals surface area contributed by atoms with Gasteiger partial charge in [0.15, 0.2) is 0 Å². The molecule has 184 valence electrons. The number of aliphatic carboxylic acids is 1. The number of hydrogen-bond acceptors (Lipinski definition) is 9. The lowest BCUT2D eigenvalue weighted by atomic mass is 9.92. The Hall–Kier alpha value is -2.60. The van der Waals surface area contributed by atoms with Crippen molar-refractivity contribution in [1.29, 1.82) is 0 Å². The van der Waals surface area contributed by atoms with Gasteiger partial charge in [-0.1, -0.05) is 0 Å². The number of carboxylic acids is 1. The smallest absolute Gasteiger partial charge is 0.440 e. The number of aromatic amines is 1. The molecule has 2 N–H and O–H groups in total. The summed E-state index contributed by atoms with van der Waals surface area (Å²) in [6.07, 6.45) is 3.93. The van der Waals surface area contributed by atoms with Gasteiger partial charge in [0, 0.05) is 58.9 Å². The van der Waals surface area contributed by atoms with Gasteiger partial charge in [-0.05, 0) is 36.8 Å². The fraction of sp³-hybridized carbons (Fsp3) is 0.810. The zero-order chi connectivity index (χ0) is 23.2. The molecule has 1 aromatic heterocycles. The number of H-pyrrole nitrogens is 1. The summed E-state index contributed by atoms with van der Waals surface area (Å²) < 4.78 is 10.2. The normalized spacial score (nSPS) is 23.3. The van der Waals surface area contributed by atoms with Gasteiger partial charge in [0.1, 0.15) is 6.10 Å². The highest BCUT2D eigenvalue weighted by atomic mass is 16.6. The van der Waals surface area contributed by atoms with Crippen molar-refractivity contribution < 1.29 is 24.0 Å². The molecular formula is C21H34N6O6. The van der Waals surface area contributed by atoms with Crippen molar-refractivity contribution in [3.05, 3.63) is 10.6 Å². The van der Waals surface area contributed by atoms with Crippen LogP contribution in [0.15, 0.2) is 9.32 Å². The second-order valence-electron chi connectivity index (χ2n) is 9.23. The molecule has 0 aliphatic carbocycles. The standard InChI is InChI=1S/C21H34N6O6/c28-18(29)5-7-24-10-12-25(13-11-24)14-17-15-27(21(31)32-17)6-1-2-16-3-8-26(9-4-16)19-22-20(30)33-23-19/h16-17H,1-15H2,(H,28,29)(H,22,23,30). The van der Waals surface area contributed by atoms with E-state index in [1.54, 1.807) is 0 Å². The van der Waals surface area contributed by atoms with E-state index in [2.05, 4.69) is 24.5 Å². The summed E-state index contributed by atoms with van der Waals surface area (Å²) in [6, 6.07) is 0. The number of hydrogen-bond donors (Lipinski definition) is 2. The number of amides is 1. The SMILES string of the molecule is O=C(O)CCN1CCN(CC2CN(CCCC3CCN(c4noc(=O)[nH]4)CC3)C(=O)O2)CC1. The summed E-state index contributed by atoms with van der Waals surface area (Å²) in [5.41, 5.74) is 0. The Balaban J connectivity index is 1.10. The molecule has 33 heavy (non-hydrogen) atoms. The minimum Gasteiger partial charge on any atom is -0.481 e. The number of carbonyl (C=O) groups excluding carboxylic acids is 1. The molecule has 0 radical (unpaired) electrons. The molecule has 12 nitrogen and oxygen atoms in total. The molecule has 1 amide bonds. The van der Waals surface area contributed by atoms with Crippen molar-refractivity contribution in [2.75, 3.05) is 70.3 Å². The molecule has 0 aromatic carbocycles. The topological polar surface area (TPSA) is 135 Å². The number of rotatable bonds is 10. The van der Waals surface area contributed by atoms with E-state index in [4.69, 9.17) is 9.84 Å². The van der Waals surface area contributed by atoms with Gasteiger partial charge in [0.25, 0.3) is 0 Å². The molecule has 4 heterocycles. The molecule has 12 heteroatoms. The summed E-state index contributed by atoms with van der Waals surface area (Å²) in [5, 5.41) is 12.6. The van der Waals surface area contributed by atoms with Crippen LogP contribution in [0.2, 0.25) is 0 Å². The molecule has 1 aromatic rings. The number of aromatic nitrogens is 2. The number of carbonyl (C=O) groups is 2. The molecule has 3 aliphatic rings. The lowest BCUT2D eigenvalue weighted by Crippen LogP contribution is -2.49. The molecule has 0 spiro atoms. The Morgan fingerprint density at radius 1 is 1.06 bits per heavy atom. The van der Waals surface area contributed by atoms with Gasteiger partial charge >= 0.3 is 17.8 Å². The number of carboxylic acid groups (broad SMARTS) is 1. The van der Waals surface area contributed by atoms with E-state index in [-0.39, 0.29) is 18.6 Å². The van der Waals surface area contributed by atoms with Crippen molar-refractivity contribution >= 4 is 18.0 Å². The van der Waals surface area contributed by atoms with E-state index >= 15 is 0 Å². The van der Waals surface area contributed by atoms with E-state index in [1.165, 1.54) is 0 Å². The highest BCUT2D eigenvalue weighted by Crippen LogP contribution is 2.24. The van der Waals surface area contributed by atoms with Gasteiger partial charge < -0.3 is 24.5 Å². The van der Waals surface area contributed by atoms with Gasteiger partial charge in [-0.15, -0.1) is 0 Å². The first kappa shape index (κ1) is 23.6. The molecule has 3 aliphatic heterocycles. The van der Waals surface area contributed by atoms with E-state index < -0.39 is 11.7 Å². The van der Waals surface area contributed by atoms with Crippen LogP contribution < -0.4 is 10.7 Å². The molecule has 1 unspecified atom stereocenters. The van der Waals surface area contributed by atoms with Gasteiger partial charge in [-0.25, -0.2) is 9.59 Å². The van der Waals surface area contributed by atoms with Crippen LogP contribution in [0.25, 0.3) is 0 Å². The monoisotopic (exact) mass is 466 g/mol. The van der Waals surface area contributed by atoms with Crippen LogP contribution in [-0.2, 0) is 9.53 Å². The first-order chi connectivity index (χ1) is 16.0. The summed E-state index contributed by atoms with van der Waals surface area (Å²) in [6.45, 7) is 7.79. The van der Waals surface area contributed by atoms with E-state index in [9.17, 15) is 14.4 Å². The fourth-order valence-corrected chi connectivity index (χ4v) is 4.95.